The minimum absolute atomic E-state index is 0.0349. The van der Waals surface area contributed by atoms with E-state index in [4.69, 9.17) is 9.84 Å². The molecule has 80 valence electrons. The molecule has 0 amide bonds. The van der Waals surface area contributed by atoms with Gasteiger partial charge in [0.1, 0.15) is 0 Å². The standard InChI is InChI=1S/C9H21NO3/c1-9(2,12)4-5-10-8(6-11)7-13-3/h8,10-12H,4-7H2,1-3H3. The third-order valence-electron chi connectivity index (χ3n) is 1.76. The predicted molar refractivity (Wildman–Crippen MR) is 51.7 cm³/mol. The maximum Gasteiger partial charge on any atom is 0.0638 e. The zero-order valence-corrected chi connectivity index (χ0v) is 8.71. The van der Waals surface area contributed by atoms with Crippen LogP contribution in [0.15, 0.2) is 0 Å². The average Bonchev–Trinajstić information content (AvgIpc) is 2.01. The number of ether oxygens (including phenoxy) is 1. The summed E-state index contributed by atoms with van der Waals surface area (Å²) in [6.07, 6.45) is 0.660. The van der Waals surface area contributed by atoms with Gasteiger partial charge in [0.15, 0.2) is 0 Å². The minimum atomic E-state index is -0.653. The van der Waals surface area contributed by atoms with Crippen molar-refractivity contribution in [1.29, 1.82) is 0 Å². The summed E-state index contributed by atoms with van der Waals surface area (Å²) >= 11 is 0. The number of rotatable bonds is 7. The lowest BCUT2D eigenvalue weighted by Crippen LogP contribution is -2.39. The Balaban J connectivity index is 3.49. The van der Waals surface area contributed by atoms with Crippen molar-refractivity contribution in [1.82, 2.24) is 5.32 Å². The van der Waals surface area contributed by atoms with E-state index in [0.29, 0.717) is 19.6 Å². The van der Waals surface area contributed by atoms with Gasteiger partial charge in [0, 0.05) is 7.11 Å². The molecule has 1 unspecified atom stereocenters. The van der Waals surface area contributed by atoms with Crippen LogP contribution in [0.1, 0.15) is 20.3 Å². The van der Waals surface area contributed by atoms with Crippen LogP contribution < -0.4 is 5.32 Å². The van der Waals surface area contributed by atoms with Gasteiger partial charge in [-0.25, -0.2) is 0 Å². The molecule has 4 nitrogen and oxygen atoms in total. The van der Waals surface area contributed by atoms with Crippen molar-refractivity contribution < 1.29 is 14.9 Å². The van der Waals surface area contributed by atoms with E-state index in [1.807, 2.05) is 0 Å². The molecule has 0 aromatic rings. The Morgan fingerprint density at radius 2 is 2.08 bits per heavy atom. The molecule has 3 N–H and O–H groups in total. The van der Waals surface area contributed by atoms with Gasteiger partial charge in [-0.1, -0.05) is 0 Å². The highest BCUT2D eigenvalue weighted by molar-refractivity contribution is 4.70. The smallest absolute Gasteiger partial charge is 0.0638 e. The first-order valence-corrected chi connectivity index (χ1v) is 4.55. The Labute approximate surface area is 79.9 Å². The fourth-order valence-electron chi connectivity index (χ4n) is 0.960. The number of hydrogen-bond donors (Lipinski definition) is 3. The quantitative estimate of drug-likeness (QED) is 0.519. The van der Waals surface area contributed by atoms with Gasteiger partial charge >= 0.3 is 0 Å². The molecule has 4 heteroatoms. The topological polar surface area (TPSA) is 61.7 Å². The average molecular weight is 191 g/mol. The molecular formula is C9H21NO3. The highest BCUT2D eigenvalue weighted by Gasteiger charge is 2.13. The lowest BCUT2D eigenvalue weighted by atomic mass is 10.1. The van der Waals surface area contributed by atoms with E-state index >= 15 is 0 Å². The summed E-state index contributed by atoms with van der Waals surface area (Å²) < 4.78 is 4.89. The van der Waals surface area contributed by atoms with Crippen molar-refractivity contribution in [2.24, 2.45) is 0 Å². The molecule has 0 aliphatic rings. The zero-order valence-electron chi connectivity index (χ0n) is 8.71. The Morgan fingerprint density at radius 3 is 2.46 bits per heavy atom. The number of hydrogen-bond acceptors (Lipinski definition) is 4. The van der Waals surface area contributed by atoms with E-state index in [1.165, 1.54) is 0 Å². The van der Waals surface area contributed by atoms with Gasteiger partial charge in [-0.15, -0.1) is 0 Å². The Kier molecular flexibility index (Phi) is 6.24. The van der Waals surface area contributed by atoms with E-state index in [9.17, 15) is 5.11 Å². The molecule has 0 radical (unpaired) electrons. The molecule has 0 heterocycles. The Morgan fingerprint density at radius 1 is 1.46 bits per heavy atom. The fraction of sp³-hybridized carbons (Fsp3) is 1.00. The summed E-state index contributed by atoms with van der Waals surface area (Å²) in [4.78, 5) is 0. The second kappa shape index (κ2) is 6.32. The first-order valence-electron chi connectivity index (χ1n) is 4.55. The summed E-state index contributed by atoms with van der Waals surface area (Å²) in [5.74, 6) is 0. The molecule has 0 aliphatic carbocycles. The predicted octanol–water partition coefficient (Wildman–Crippen LogP) is -0.256. The van der Waals surface area contributed by atoms with Crippen LogP contribution >= 0.6 is 0 Å². The van der Waals surface area contributed by atoms with Crippen molar-refractivity contribution in [3.8, 4) is 0 Å². The SMILES string of the molecule is COCC(CO)NCCC(C)(C)O. The van der Waals surface area contributed by atoms with Crippen molar-refractivity contribution in [3.63, 3.8) is 0 Å². The number of nitrogens with one attached hydrogen (secondary N) is 1. The normalized spacial score (nSPS) is 14.5. The highest BCUT2D eigenvalue weighted by Crippen LogP contribution is 2.05. The first-order chi connectivity index (χ1) is 5.99. The molecule has 0 saturated carbocycles. The van der Waals surface area contributed by atoms with Crippen molar-refractivity contribution in [2.75, 3.05) is 26.9 Å². The number of aliphatic hydroxyl groups excluding tert-OH is 1. The molecule has 0 aromatic carbocycles. The molecule has 0 aromatic heterocycles. The maximum absolute atomic E-state index is 9.40. The Hall–Kier alpha value is -0.160. The van der Waals surface area contributed by atoms with E-state index in [1.54, 1.807) is 21.0 Å². The van der Waals surface area contributed by atoms with E-state index in [-0.39, 0.29) is 12.6 Å². The van der Waals surface area contributed by atoms with Gasteiger partial charge in [0.05, 0.1) is 24.9 Å². The highest BCUT2D eigenvalue weighted by atomic mass is 16.5. The van der Waals surface area contributed by atoms with Gasteiger partial charge in [-0.05, 0) is 26.8 Å². The number of methoxy groups -OCH3 is 1. The first kappa shape index (κ1) is 12.8. The van der Waals surface area contributed by atoms with Crippen molar-refractivity contribution in [2.45, 2.75) is 31.9 Å². The third kappa shape index (κ3) is 8.18. The second-order valence-electron chi connectivity index (χ2n) is 3.85. The van der Waals surface area contributed by atoms with Gasteiger partial charge in [-0.2, -0.15) is 0 Å². The summed E-state index contributed by atoms with van der Waals surface area (Å²) in [5.41, 5.74) is -0.653. The molecule has 13 heavy (non-hydrogen) atoms. The third-order valence-corrected chi connectivity index (χ3v) is 1.76. The maximum atomic E-state index is 9.40. The van der Waals surface area contributed by atoms with Crippen LogP contribution in [0.4, 0.5) is 0 Å². The van der Waals surface area contributed by atoms with Crippen LogP contribution in [-0.2, 0) is 4.74 Å². The molecule has 0 spiro atoms. The van der Waals surface area contributed by atoms with Gasteiger partial charge in [0.2, 0.25) is 0 Å². The van der Waals surface area contributed by atoms with Crippen LogP contribution in [0.2, 0.25) is 0 Å². The van der Waals surface area contributed by atoms with Crippen molar-refractivity contribution >= 4 is 0 Å². The van der Waals surface area contributed by atoms with Gasteiger partial charge in [-0.3, -0.25) is 0 Å². The summed E-state index contributed by atoms with van der Waals surface area (Å²) in [6, 6.07) is -0.0349. The van der Waals surface area contributed by atoms with E-state index in [2.05, 4.69) is 5.32 Å². The Bertz CT molecular complexity index is 123. The molecule has 0 aliphatic heterocycles. The lowest BCUT2D eigenvalue weighted by molar-refractivity contribution is 0.0659. The summed E-state index contributed by atoms with van der Waals surface area (Å²) in [6.45, 7) is 4.75. The second-order valence-corrected chi connectivity index (χ2v) is 3.85. The largest absolute Gasteiger partial charge is 0.395 e. The van der Waals surface area contributed by atoms with Crippen LogP contribution in [0, 0.1) is 0 Å². The van der Waals surface area contributed by atoms with Crippen molar-refractivity contribution in [3.05, 3.63) is 0 Å². The van der Waals surface area contributed by atoms with E-state index < -0.39 is 5.60 Å². The summed E-state index contributed by atoms with van der Waals surface area (Å²) in [7, 11) is 1.60. The fourth-order valence-corrected chi connectivity index (χ4v) is 0.960. The zero-order chi connectivity index (χ0) is 10.3. The molecular weight excluding hydrogens is 170 g/mol. The van der Waals surface area contributed by atoms with E-state index in [0.717, 1.165) is 0 Å². The lowest BCUT2D eigenvalue weighted by Gasteiger charge is -2.20. The number of aliphatic hydroxyl groups is 2. The van der Waals surface area contributed by atoms with Crippen LogP contribution in [0.5, 0.6) is 0 Å². The van der Waals surface area contributed by atoms with Gasteiger partial charge in [0.25, 0.3) is 0 Å². The molecule has 0 saturated heterocycles. The van der Waals surface area contributed by atoms with Crippen LogP contribution in [0.25, 0.3) is 0 Å². The monoisotopic (exact) mass is 191 g/mol. The molecule has 0 fully saturated rings. The summed E-state index contributed by atoms with van der Waals surface area (Å²) in [5, 5.41) is 21.4. The van der Waals surface area contributed by atoms with Crippen LogP contribution in [-0.4, -0.2) is 48.7 Å². The molecule has 1 atom stereocenters. The van der Waals surface area contributed by atoms with Crippen LogP contribution in [0.3, 0.4) is 0 Å². The minimum Gasteiger partial charge on any atom is -0.395 e. The molecule has 0 rings (SSSR count). The molecule has 0 bridgehead atoms. The van der Waals surface area contributed by atoms with Gasteiger partial charge < -0.3 is 20.3 Å².